The molecule has 4 heteroatoms. The molecule has 0 saturated carbocycles. The Morgan fingerprint density at radius 3 is 2.47 bits per heavy atom. The van der Waals surface area contributed by atoms with E-state index in [0.717, 1.165) is 5.69 Å². The quantitative estimate of drug-likeness (QED) is 0.787. The molecule has 0 spiro atoms. The minimum atomic E-state index is -0.872. The van der Waals surface area contributed by atoms with Gasteiger partial charge in [-0.1, -0.05) is 18.2 Å². The summed E-state index contributed by atoms with van der Waals surface area (Å²) in [5.74, 6) is -0.818. The van der Waals surface area contributed by atoms with Gasteiger partial charge in [0.2, 0.25) is 0 Å². The van der Waals surface area contributed by atoms with Crippen molar-refractivity contribution in [3.05, 3.63) is 30.3 Å². The maximum atomic E-state index is 11.1. The van der Waals surface area contributed by atoms with Crippen LogP contribution in [0.15, 0.2) is 30.3 Å². The van der Waals surface area contributed by atoms with Gasteiger partial charge in [0.05, 0.1) is 0 Å². The molecule has 0 saturated heterocycles. The maximum Gasteiger partial charge on any atom is 0.323 e. The molecule has 1 unspecified atom stereocenters. The van der Waals surface area contributed by atoms with Crippen molar-refractivity contribution in [2.24, 2.45) is 0 Å². The van der Waals surface area contributed by atoms with E-state index in [1.165, 1.54) is 0 Å². The normalized spacial score (nSPS) is 14.1. The van der Waals surface area contributed by atoms with Gasteiger partial charge in [0.1, 0.15) is 5.54 Å². The van der Waals surface area contributed by atoms with Crippen LogP contribution in [0.1, 0.15) is 13.3 Å². The highest BCUT2D eigenvalue weighted by Crippen LogP contribution is 2.15. The molecular formula is C13H20N2O2. The number of carbonyl (C=O) groups is 1. The summed E-state index contributed by atoms with van der Waals surface area (Å²) in [5.41, 5.74) is 0.222. The molecule has 0 aromatic heterocycles. The first-order valence-electron chi connectivity index (χ1n) is 5.68. The highest BCUT2D eigenvalue weighted by atomic mass is 16.4. The SMILES string of the molecule is CNC(C)(CCN(C)c1ccccc1)C(=O)O. The molecule has 0 heterocycles. The summed E-state index contributed by atoms with van der Waals surface area (Å²) in [7, 11) is 3.64. The van der Waals surface area contributed by atoms with Gasteiger partial charge in [-0.3, -0.25) is 4.79 Å². The third-order valence-electron chi connectivity index (χ3n) is 3.17. The lowest BCUT2D eigenvalue weighted by molar-refractivity contribution is -0.144. The number of carboxylic acid groups (broad SMARTS) is 1. The zero-order chi connectivity index (χ0) is 12.9. The number of carboxylic acids is 1. The fourth-order valence-electron chi connectivity index (χ4n) is 1.54. The molecule has 0 radical (unpaired) electrons. The molecule has 1 aromatic carbocycles. The van der Waals surface area contributed by atoms with E-state index in [9.17, 15) is 4.79 Å². The van der Waals surface area contributed by atoms with Gasteiger partial charge in [-0.05, 0) is 32.5 Å². The Hall–Kier alpha value is -1.55. The fraction of sp³-hybridized carbons (Fsp3) is 0.462. The lowest BCUT2D eigenvalue weighted by Gasteiger charge is -2.28. The van der Waals surface area contributed by atoms with Crippen LogP contribution in [0, 0.1) is 0 Å². The highest BCUT2D eigenvalue weighted by molar-refractivity contribution is 5.78. The summed E-state index contributed by atoms with van der Waals surface area (Å²) < 4.78 is 0. The smallest absolute Gasteiger partial charge is 0.323 e. The van der Waals surface area contributed by atoms with E-state index in [1.807, 2.05) is 37.4 Å². The number of hydrogen-bond acceptors (Lipinski definition) is 3. The predicted octanol–water partition coefficient (Wildman–Crippen LogP) is 1.58. The molecule has 17 heavy (non-hydrogen) atoms. The van der Waals surface area contributed by atoms with Crippen LogP contribution in [0.2, 0.25) is 0 Å². The van der Waals surface area contributed by atoms with E-state index in [1.54, 1.807) is 14.0 Å². The Morgan fingerprint density at radius 1 is 1.41 bits per heavy atom. The first-order chi connectivity index (χ1) is 7.99. The van der Waals surface area contributed by atoms with E-state index in [-0.39, 0.29) is 0 Å². The predicted molar refractivity (Wildman–Crippen MR) is 69.4 cm³/mol. The van der Waals surface area contributed by atoms with Crippen molar-refractivity contribution < 1.29 is 9.90 Å². The van der Waals surface area contributed by atoms with Gasteiger partial charge in [-0.25, -0.2) is 0 Å². The molecule has 0 bridgehead atoms. The van der Waals surface area contributed by atoms with Gasteiger partial charge in [-0.15, -0.1) is 0 Å². The third kappa shape index (κ3) is 3.46. The summed E-state index contributed by atoms with van der Waals surface area (Å²) in [6, 6.07) is 9.93. The second-order valence-electron chi connectivity index (χ2n) is 4.39. The number of aliphatic carboxylic acids is 1. The number of benzene rings is 1. The second kappa shape index (κ2) is 5.68. The van der Waals surface area contributed by atoms with Crippen molar-refractivity contribution in [1.29, 1.82) is 0 Å². The minimum absolute atomic E-state index is 0.546. The topological polar surface area (TPSA) is 52.6 Å². The third-order valence-corrected chi connectivity index (χ3v) is 3.17. The Bertz CT molecular complexity index is 367. The summed E-state index contributed by atoms with van der Waals surface area (Å²) >= 11 is 0. The first-order valence-corrected chi connectivity index (χ1v) is 5.68. The molecule has 0 amide bonds. The molecule has 4 nitrogen and oxygen atoms in total. The van der Waals surface area contributed by atoms with Gasteiger partial charge in [0.25, 0.3) is 0 Å². The molecule has 2 N–H and O–H groups in total. The number of para-hydroxylation sites is 1. The van der Waals surface area contributed by atoms with Gasteiger partial charge >= 0.3 is 5.97 Å². The average molecular weight is 236 g/mol. The number of nitrogens with one attached hydrogen (secondary N) is 1. The highest BCUT2D eigenvalue weighted by Gasteiger charge is 2.30. The molecular weight excluding hydrogens is 216 g/mol. The number of hydrogen-bond donors (Lipinski definition) is 2. The second-order valence-corrected chi connectivity index (χ2v) is 4.39. The molecule has 1 atom stereocenters. The molecule has 94 valence electrons. The number of nitrogens with zero attached hydrogens (tertiary/aromatic N) is 1. The lowest BCUT2D eigenvalue weighted by Crippen LogP contribution is -2.49. The summed E-state index contributed by atoms with van der Waals surface area (Å²) in [5, 5.41) is 12.0. The van der Waals surface area contributed by atoms with Crippen LogP contribution < -0.4 is 10.2 Å². The van der Waals surface area contributed by atoms with Crippen LogP contribution >= 0.6 is 0 Å². The van der Waals surface area contributed by atoms with Crippen molar-refractivity contribution in [1.82, 2.24) is 5.32 Å². The van der Waals surface area contributed by atoms with Crippen LogP contribution in [0.25, 0.3) is 0 Å². The summed E-state index contributed by atoms with van der Waals surface area (Å²) in [4.78, 5) is 13.2. The molecule has 1 aromatic rings. The van der Waals surface area contributed by atoms with Gasteiger partial charge in [-0.2, -0.15) is 0 Å². The van der Waals surface area contributed by atoms with Gasteiger partial charge in [0, 0.05) is 19.3 Å². The molecule has 1 rings (SSSR count). The van der Waals surface area contributed by atoms with E-state index >= 15 is 0 Å². The van der Waals surface area contributed by atoms with Crippen molar-refractivity contribution in [3.8, 4) is 0 Å². The Morgan fingerprint density at radius 2 is 2.00 bits per heavy atom. The van der Waals surface area contributed by atoms with Crippen molar-refractivity contribution in [3.63, 3.8) is 0 Å². The first kappa shape index (κ1) is 13.5. The fourth-order valence-corrected chi connectivity index (χ4v) is 1.54. The standard InChI is InChI=1S/C13H20N2O2/c1-13(14-2,12(16)17)9-10-15(3)11-7-5-4-6-8-11/h4-8,14H,9-10H2,1-3H3,(H,16,17). The van der Waals surface area contributed by atoms with Crippen molar-refractivity contribution in [2.45, 2.75) is 18.9 Å². The monoisotopic (exact) mass is 236 g/mol. The Kier molecular flexibility index (Phi) is 4.52. The summed E-state index contributed by atoms with van der Waals surface area (Å²) in [6.07, 6.45) is 0.546. The van der Waals surface area contributed by atoms with Crippen molar-refractivity contribution in [2.75, 3.05) is 25.5 Å². The largest absolute Gasteiger partial charge is 0.480 e. The van der Waals surface area contributed by atoms with Crippen LogP contribution in [0.3, 0.4) is 0 Å². The van der Waals surface area contributed by atoms with Crippen LogP contribution in [0.4, 0.5) is 5.69 Å². The minimum Gasteiger partial charge on any atom is -0.480 e. The van der Waals surface area contributed by atoms with Gasteiger partial charge in [0.15, 0.2) is 0 Å². The number of anilines is 1. The molecule has 0 aliphatic carbocycles. The van der Waals surface area contributed by atoms with Crippen LogP contribution in [0.5, 0.6) is 0 Å². The van der Waals surface area contributed by atoms with E-state index in [4.69, 9.17) is 5.11 Å². The van der Waals surface area contributed by atoms with E-state index in [0.29, 0.717) is 13.0 Å². The molecule has 0 aliphatic heterocycles. The van der Waals surface area contributed by atoms with Crippen LogP contribution in [-0.2, 0) is 4.79 Å². The average Bonchev–Trinajstić information content (AvgIpc) is 2.36. The molecule has 0 fully saturated rings. The van der Waals surface area contributed by atoms with E-state index in [2.05, 4.69) is 10.2 Å². The lowest BCUT2D eigenvalue weighted by atomic mass is 9.98. The number of rotatable bonds is 6. The summed E-state index contributed by atoms with van der Waals surface area (Å²) in [6.45, 7) is 2.39. The zero-order valence-corrected chi connectivity index (χ0v) is 10.6. The van der Waals surface area contributed by atoms with Gasteiger partial charge < -0.3 is 15.3 Å². The Labute approximate surface area is 102 Å². The van der Waals surface area contributed by atoms with Crippen molar-refractivity contribution >= 4 is 11.7 Å². The van der Waals surface area contributed by atoms with Crippen LogP contribution in [-0.4, -0.2) is 37.3 Å². The maximum absolute atomic E-state index is 11.1. The van der Waals surface area contributed by atoms with E-state index < -0.39 is 11.5 Å². The molecule has 0 aliphatic rings. The number of likely N-dealkylation sites (N-methyl/N-ethyl adjacent to an activating group) is 1. The Balaban J connectivity index is 2.59. The zero-order valence-electron chi connectivity index (χ0n) is 10.6.